The lowest BCUT2D eigenvalue weighted by Crippen LogP contribution is -2.71. The SMILES string of the molecule is C#CCON=C(C(=O)NC1C(=O)N2C(C(=O)O)=C(CSc3nnc(C)s3)CS[C@@H]12)c1nc(NC=O)sc1Cl. The number of thioether (sulfide) groups is 2. The van der Waals surface area contributed by atoms with Crippen molar-refractivity contribution in [2.24, 2.45) is 5.16 Å². The number of carbonyl (C=O) groups excluding carboxylic acids is 3. The first-order valence-corrected chi connectivity index (χ1v) is 14.4. The number of anilines is 1. The standard InChI is InChI=1S/C20H16ClN7O6S4/c1-3-4-34-27-11(10-14(21)38-19(24-10)22-7-29)15(30)23-12-16(31)28-13(18(32)33)9(5-35-17(12)28)6-36-20-26-25-8(2)37-20/h1,7,12,17H,4-6H2,2H3,(H,23,30)(H,32,33)(H,22,24,29)/t12?,17-/m0/s1. The van der Waals surface area contributed by atoms with E-state index < -0.39 is 29.2 Å². The minimum Gasteiger partial charge on any atom is -0.477 e. The van der Waals surface area contributed by atoms with Gasteiger partial charge in [-0.1, -0.05) is 57.1 Å². The lowest BCUT2D eigenvalue weighted by molar-refractivity contribution is -0.150. The number of hydrogen-bond donors (Lipinski definition) is 3. The molecule has 2 aliphatic heterocycles. The van der Waals surface area contributed by atoms with Crippen LogP contribution in [0, 0.1) is 19.3 Å². The molecule has 2 aromatic rings. The Labute approximate surface area is 236 Å². The summed E-state index contributed by atoms with van der Waals surface area (Å²) in [6.07, 6.45) is 5.55. The van der Waals surface area contributed by atoms with Crippen LogP contribution in [-0.2, 0) is 24.0 Å². The van der Waals surface area contributed by atoms with Crippen LogP contribution in [0.25, 0.3) is 0 Å². The molecule has 4 rings (SSSR count). The highest BCUT2D eigenvalue weighted by Gasteiger charge is 2.54. The number of amides is 3. The van der Waals surface area contributed by atoms with E-state index in [0.717, 1.165) is 21.2 Å². The molecule has 13 nitrogen and oxygen atoms in total. The number of rotatable bonds is 11. The highest BCUT2D eigenvalue weighted by atomic mass is 35.5. The molecule has 0 bridgehead atoms. The van der Waals surface area contributed by atoms with Gasteiger partial charge in [-0.15, -0.1) is 28.4 Å². The zero-order valence-corrected chi connectivity index (χ0v) is 23.2. The second-order valence-electron chi connectivity index (χ2n) is 7.31. The molecule has 2 aromatic heterocycles. The number of nitrogens with zero attached hydrogens (tertiary/aromatic N) is 5. The van der Waals surface area contributed by atoms with E-state index in [1.807, 2.05) is 6.92 Å². The van der Waals surface area contributed by atoms with Crippen molar-refractivity contribution in [3.8, 4) is 12.3 Å². The maximum atomic E-state index is 13.1. The first kappa shape index (κ1) is 27.9. The minimum atomic E-state index is -1.24. The topological polar surface area (TPSA) is 176 Å². The van der Waals surface area contributed by atoms with Crippen molar-refractivity contribution in [2.75, 3.05) is 23.4 Å². The Kier molecular flexibility index (Phi) is 8.89. The third kappa shape index (κ3) is 5.78. The molecule has 1 unspecified atom stereocenters. The Hall–Kier alpha value is -3.17. The van der Waals surface area contributed by atoms with Crippen molar-refractivity contribution < 1.29 is 29.1 Å². The second-order valence-corrected chi connectivity index (χ2v) is 12.4. The van der Waals surface area contributed by atoms with Crippen LogP contribution >= 0.6 is 57.8 Å². The molecule has 3 N–H and O–H groups in total. The van der Waals surface area contributed by atoms with Gasteiger partial charge in [0.05, 0.1) is 0 Å². The van der Waals surface area contributed by atoms with E-state index >= 15 is 0 Å². The number of nitrogens with one attached hydrogen (secondary N) is 2. The van der Waals surface area contributed by atoms with Gasteiger partial charge in [-0.3, -0.25) is 19.3 Å². The van der Waals surface area contributed by atoms with Crippen LogP contribution in [0.2, 0.25) is 4.34 Å². The summed E-state index contributed by atoms with van der Waals surface area (Å²) in [5, 5.41) is 26.7. The molecule has 2 aliphatic rings. The number of thiazole rings is 1. The van der Waals surface area contributed by atoms with Crippen LogP contribution in [0.15, 0.2) is 20.8 Å². The molecule has 4 heterocycles. The first-order chi connectivity index (χ1) is 18.2. The number of β-lactam (4-membered cyclic amide) rings is 1. The van der Waals surface area contributed by atoms with Crippen LogP contribution < -0.4 is 10.6 Å². The summed E-state index contributed by atoms with van der Waals surface area (Å²) >= 11 is 11.1. The largest absolute Gasteiger partial charge is 0.477 e. The molecular weight excluding hydrogens is 598 g/mol. The quantitative estimate of drug-likeness (QED) is 0.0635. The summed E-state index contributed by atoms with van der Waals surface area (Å²) in [6, 6.07) is -1.04. The molecule has 3 amide bonds. The molecule has 0 aliphatic carbocycles. The summed E-state index contributed by atoms with van der Waals surface area (Å²) in [5.74, 6) is 0.159. The molecule has 2 atom stereocenters. The third-order valence-electron chi connectivity index (χ3n) is 4.93. The second kappa shape index (κ2) is 12.1. The van der Waals surface area contributed by atoms with Gasteiger partial charge < -0.3 is 20.6 Å². The number of hydrogen-bond acceptors (Lipinski definition) is 13. The Morgan fingerprint density at radius 3 is 2.87 bits per heavy atom. The number of halogens is 1. The maximum Gasteiger partial charge on any atom is 0.352 e. The lowest BCUT2D eigenvalue weighted by Gasteiger charge is -2.49. The third-order valence-corrected chi connectivity index (χ3v) is 9.51. The normalized spacial score (nSPS) is 18.8. The van der Waals surface area contributed by atoms with Crippen LogP contribution in [0.4, 0.5) is 5.13 Å². The number of aryl methyl sites for hydroxylation is 1. The maximum absolute atomic E-state index is 13.1. The van der Waals surface area contributed by atoms with Crippen molar-refractivity contribution in [3.05, 3.63) is 26.3 Å². The van der Waals surface area contributed by atoms with Gasteiger partial charge in [0.25, 0.3) is 11.8 Å². The van der Waals surface area contributed by atoms with Gasteiger partial charge in [0, 0.05) is 11.5 Å². The number of oxime groups is 1. The van der Waals surface area contributed by atoms with Gasteiger partial charge in [-0.05, 0) is 12.5 Å². The van der Waals surface area contributed by atoms with Gasteiger partial charge in [0.2, 0.25) is 6.41 Å². The average molecular weight is 614 g/mol. The van der Waals surface area contributed by atoms with E-state index in [9.17, 15) is 24.3 Å². The predicted molar refractivity (Wildman–Crippen MR) is 143 cm³/mol. The molecule has 1 saturated heterocycles. The number of carbonyl (C=O) groups is 4. The molecule has 0 saturated carbocycles. The summed E-state index contributed by atoms with van der Waals surface area (Å²) in [6.45, 7) is 1.56. The van der Waals surface area contributed by atoms with E-state index in [1.54, 1.807) is 0 Å². The number of fused-ring (bicyclic) bond motifs is 1. The van der Waals surface area contributed by atoms with Crippen LogP contribution in [-0.4, -0.2) is 84.6 Å². The Balaban J connectivity index is 1.52. The molecular formula is C20H16ClN7O6S4. The molecule has 0 radical (unpaired) electrons. The van der Waals surface area contributed by atoms with Gasteiger partial charge in [0.1, 0.15) is 32.2 Å². The van der Waals surface area contributed by atoms with E-state index in [0.29, 0.717) is 27.8 Å². The van der Waals surface area contributed by atoms with E-state index in [2.05, 4.69) is 36.9 Å². The highest BCUT2D eigenvalue weighted by molar-refractivity contribution is 8.01. The lowest BCUT2D eigenvalue weighted by atomic mass is 10.0. The zero-order valence-electron chi connectivity index (χ0n) is 19.2. The minimum absolute atomic E-state index is 0.0324. The number of carboxylic acids is 1. The molecule has 0 spiro atoms. The molecule has 198 valence electrons. The van der Waals surface area contributed by atoms with E-state index in [1.165, 1.54) is 34.9 Å². The fourth-order valence-corrected chi connectivity index (χ4v) is 7.68. The Bertz CT molecular complexity index is 1400. The van der Waals surface area contributed by atoms with Crippen LogP contribution in [0.1, 0.15) is 10.7 Å². The predicted octanol–water partition coefficient (Wildman–Crippen LogP) is 1.41. The van der Waals surface area contributed by atoms with Crippen molar-refractivity contribution in [3.63, 3.8) is 0 Å². The van der Waals surface area contributed by atoms with Crippen molar-refractivity contribution >= 4 is 92.8 Å². The Morgan fingerprint density at radius 2 is 2.21 bits per heavy atom. The van der Waals surface area contributed by atoms with Crippen LogP contribution in [0.5, 0.6) is 0 Å². The number of terminal acetylenes is 1. The molecule has 38 heavy (non-hydrogen) atoms. The summed E-state index contributed by atoms with van der Waals surface area (Å²) < 4.78 is 0.725. The molecule has 0 aromatic carbocycles. The monoisotopic (exact) mass is 613 g/mol. The van der Waals surface area contributed by atoms with E-state index in [4.69, 9.17) is 22.9 Å². The van der Waals surface area contributed by atoms with Gasteiger partial charge in [-0.25, -0.2) is 9.78 Å². The first-order valence-electron chi connectivity index (χ1n) is 10.4. The number of carboxylic acid groups (broad SMARTS) is 1. The summed E-state index contributed by atoms with van der Waals surface area (Å²) in [7, 11) is 0. The average Bonchev–Trinajstić information content (AvgIpc) is 3.47. The molecule has 1 fully saturated rings. The summed E-state index contributed by atoms with van der Waals surface area (Å²) in [4.78, 5) is 59.2. The fraction of sp³-hybridized carbons (Fsp3) is 0.300. The Morgan fingerprint density at radius 1 is 1.42 bits per heavy atom. The smallest absolute Gasteiger partial charge is 0.352 e. The summed E-state index contributed by atoms with van der Waals surface area (Å²) in [5.41, 5.74) is -0.0146. The number of aliphatic carboxylic acids is 1. The van der Waals surface area contributed by atoms with Gasteiger partial charge >= 0.3 is 5.97 Å². The van der Waals surface area contributed by atoms with Crippen molar-refractivity contribution in [2.45, 2.75) is 22.7 Å². The fourth-order valence-electron chi connectivity index (χ4n) is 3.38. The number of aromatic nitrogens is 3. The highest BCUT2D eigenvalue weighted by Crippen LogP contribution is 2.42. The van der Waals surface area contributed by atoms with E-state index in [-0.39, 0.29) is 33.2 Å². The van der Waals surface area contributed by atoms with Gasteiger partial charge in [0.15, 0.2) is 21.8 Å². The zero-order chi connectivity index (χ0) is 27.4. The van der Waals surface area contributed by atoms with Crippen molar-refractivity contribution in [1.29, 1.82) is 0 Å². The van der Waals surface area contributed by atoms with Gasteiger partial charge in [-0.2, -0.15) is 0 Å². The molecule has 18 heteroatoms. The van der Waals surface area contributed by atoms with Crippen LogP contribution in [0.3, 0.4) is 0 Å². The van der Waals surface area contributed by atoms with Crippen molar-refractivity contribution in [1.82, 2.24) is 25.4 Å².